The number of carbonyl (C=O) groups is 1. The van der Waals surface area contributed by atoms with E-state index < -0.39 is 0 Å². The first kappa shape index (κ1) is 21.1. The highest BCUT2D eigenvalue weighted by Crippen LogP contribution is 2.33. The first-order valence-corrected chi connectivity index (χ1v) is 10.1. The Balaban J connectivity index is 0.00000243. The van der Waals surface area contributed by atoms with Gasteiger partial charge in [0.2, 0.25) is 5.91 Å². The van der Waals surface area contributed by atoms with Gasteiger partial charge in [0.05, 0.1) is 16.1 Å². The van der Waals surface area contributed by atoms with Gasteiger partial charge in [-0.15, -0.1) is 23.7 Å². The Hall–Kier alpha value is -1.18. The number of anilines is 1. The molecule has 0 spiro atoms. The van der Waals surface area contributed by atoms with Gasteiger partial charge in [-0.25, -0.2) is 4.98 Å². The molecule has 26 heavy (non-hydrogen) atoms. The normalized spacial score (nSPS) is 10.9. The van der Waals surface area contributed by atoms with Crippen molar-refractivity contribution in [3.8, 4) is 0 Å². The Labute approximate surface area is 172 Å². The standard InChI is InChI=1S/C18H20ClN3OS2.ClH/c1-21(2)9-5-10-22(16(23)12-13-6-4-11-24-13)18-20-17-14(19)7-3-8-15(17)25-18;/h3-4,6-8,11H,5,9-10,12H2,1-2H3;1H. The van der Waals surface area contributed by atoms with Crippen LogP contribution < -0.4 is 4.90 Å². The number of fused-ring (bicyclic) bond motifs is 1. The summed E-state index contributed by atoms with van der Waals surface area (Å²) in [5.41, 5.74) is 0.769. The minimum Gasteiger partial charge on any atom is -0.309 e. The summed E-state index contributed by atoms with van der Waals surface area (Å²) in [4.78, 5) is 22.5. The second-order valence-electron chi connectivity index (χ2n) is 6.04. The third-order valence-corrected chi connectivity index (χ3v) is 6.01. The van der Waals surface area contributed by atoms with Crippen LogP contribution in [0.25, 0.3) is 10.2 Å². The van der Waals surface area contributed by atoms with E-state index in [2.05, 4.69) is 9.88 Å². The maximum Gasteiger partial charge on any atom is 0.234 e. The number of carbonyl (C=O) groups excluding carboxylic acids is 1. The molecule has 0 bridgehead atoms. The van der Waals surface area contributed by atoms with Crippen LogP contribution >= 0.6 is 46.7 Å². The lowest BCUT2D eigenvalue weighted by molar-refractivity contribution is -0.118. The summed E-state index contributed by atoms with van der Waals surface area (Å²) in [6.45, 7) is 1.58. The van der Waals surface area contributed by atoms with E-state index in [0.29, 0.717) is 18.0 Å². The lowest BCUT2D eigenvalue weighted by atomic mass is 10.3. The molecule has 0 aliphatic carbocycles. The second kappa shape index (κ2) is 9.67. The zero-order valence-corrected chi connectivity index (χ0v) is 17.9. The molecule has 2 aromatic heterocycles. The topological polar surface area (TPSA) is 36.4 Å². The van der Waals surface area contributed by atoms with E-state index in [4.69, 9.17) is 11.6 Å². The molecular weight excluding hydrogens is 409 g/mol. The average Bonchev–Trinajstić information content (AvgIpc) is 3.21. The van der Waals surface area contributed by atoms with Gasteiger partial charge in [-0.3, -0.25) is 9.69 Å². The van der Waals surface area contributed by atoms with E-state index in [-0.39, 0.29) is 18.3 Å². The fraction of sp³-hybridized carbons (Fsp3) is 0.333. The molecule has 0 aliphatic rings. The van der Waals surface area contributed by atoms with E-state index >= 15 is 0 Å². The summed E-state index contributed by atoms with van der Waals surface area (Å²) >= 11 is 9.38. The number of aromatic nitrogens is 1. The van der Waals surface area contributed by atoms with Crippen LogP contribution in [0.3, 0.4) is 0 Å². The average molecular weight is 430 g/mol. The number of thiazole rings is 1. The first-order chi connectivity index (χ1) is 12.0. The van der Waals surface area contributed by atoms with Gasteiger partial charge in [-0.2, -0.15) is 0 Å². The van der Waals surface area contributed by atoms with Gasteiger partial charge < -0.3 is 4.90 Å². The Morgan fingerprint density at radius 1 is 1.19 bits per heavy atom. The Morgan fingerprint density at radius 3 is 2.65 bits per heavy atom. The third kappa shape index (κ3) is 5.18. The van der Waals surface area contributed by atoms with Crippen molar-refractivity contribution in [3.63, 3.8) is 0 Å². The number of rotatable bonds is 7. The van der Waals surface area contributed by atoms with Crippen molar-refractivity contribution in [3.05, 3.63) is 45.6 Å². The molecule has 8 heteroatoms. The molecule has 4 nitrogen and oxygen atoms in total. The van der Waals surface area contributed by atoms with E-state index in [0.717, 1.165) is 33.2 Å². The number of hydrogen-bond acceptors (Lipinski definition) is 5. The molecule has 0 atom stereocenters. The molecule has 0 saturated heterocycles. The van der Waals surface area contributed by atoms with Crippen LogP contribution in [-0.4, -0.2) is 43.0 Å². The van der Waals surface area contributed by atoms with Crippen molar-refractivity contribution in [2.24, 2.45) is 0 Å². The van der Waals surface area contributed by atoms with E-state index in [9.17, 15) is 4.79 Å². The molecule has 0 saturated carbocycles. The van der Waals surface area contributed by atoms with Crippen LogP contribution in [0.15, 0.2) is 35.7 Å². The number of amides is 1. The third-order valence-electron chi connectivity index (χ3n) is 3.78. The molecule has 0 unspecified atom stereocenters. The molecule has 3 aromatic rings. The summed E-state index contributed by atoms with van der Waals surface area (Å²) in [7, 11) is 4.07. The molecule has 0 radical (unpaired) electrons. The maximum atomic E-state index is 12.9. The monoisotopic (exact) mass is 429 g/mol. The highest BCUT2D eigenvalue weighted by atomic mass is 35.5. The molecule has 1 aromatic carbocycles. The van der Waals surface area contributed by atoms with E-state index in [1.165, 1.54) is 11.3 Å². The summed E-state index contributed by atoms with van der Waals surface area (Å²) in [5.74, 6) is 0.0800. The van der Waals surface area contributed by atoms with Crippen molar-refractivity contribution in [2.75, 3.05) is 32.1 Å². The number of nitrogens with zero attached hydrogens (tertiary/aromatic N) is 3. The summed E-state index contributed by atoms with van der Waals surface area (Å²) in [6, 6.07) is 9.70. The van der Waals surface area contributed by atoms with Crippen LogP contribution in [0.1, 0.15) is 11.3 Å². The van der Waals surface area contributed by atoms with E-state index in [1.807, 2.05) is 54.7 Å². The van der Waals surface area contributed by atoms with Gasteiger partial charge in [0.15, 0.2) is 5.13 Å². The predicted octanol–water partition coefficient (Wildman–Crippen LogP) is 4.96. The summed E-state index contributed by atoms with van der Waals surface area (Å²) in [6.07, 6.45) is 1.30. The SMILES string of the molecule is CN(C)CCCN(C(=O)Cc1cccs1)c1nc2c(Cl)cccc2s1.Cl. The van der Waals surface area contributed by atoms with Gasteiger partial charge in [0, 0.05) is 11.4 Å². The van der Waals surface area contributed by atoms with Crippen molar-refractivity contribution >= 4 is 67.9 Å². The van der Waals surface area contributed by atoms with Crippen molar-refractivity contribution < 1.29 is 4.79 Å². The lowest BCUT2D eigenvalue weighted by Crippen LogP contribution is -2.34. The number of hydrogen-bond donors (Lipinski definition) is 0. The first-order valence-electron chi connectivity index (χ1n) is 8.07. The van der Waals surface area contributed by atoms with Crippen molar-refractivity contribution in [1.82, 2.24) is 9.88 Å². The number of para-hydroxylation sites is 1. The molecule has 3 rings (SSSR count). The Bertz CT molecular complexity index is 849. The van der Waals surface area contributed by atoms with Crippen LogP contribution in [0.5, 0.6) is 0 Å². The van der Waals surface area contributed by atoms with Crippen molar-refractivity contribution in [2.45, 2.75) is 12.8 Å². The van der Waals surface area contributed by atoms with Crippen LogP contribution in [-0.2, 0) is 11.2 Å². The Morgan fingerprint density at radius 2 is 2.00 bits per heavy atom. The van der Waals surface area contributed by atoms with Crippen molar-refractivity contribution in [1.29, 1.82) is 0 Å². The molecule has 0 fully saturated rings. The molecule has 2 heterocycles. The highest BCUT2D eigenvalue weighted by Gasteiger charge is 2.20. The van der Waals surface area contributed by atoms with Crippen LogP contribution in [0.2, 0.25) is 5.02 Å². The van der Waals surface area contributed by atoms with E-state index in [1.54, 1.807) is 11.3 Å². The Kier molecular flexibility index (Phi) is 7.85. The fourth-order valence-corrected chi connectivity index (χ4v) is 4.55. The molecule has 1 amide bonds. The molecule has 140 valence electrons. The quantitative estimate of drug-likeness (QED) is 0.532. The summed E-state index contributed by atoms with van der Waals surface area (Å²) < 4.78 is 1.00. The van der Waals surface area contributed by atoms with Crippen LogP contribution in [0.4, 0.5) is 5.13 Å². The molecular formula is C18H21Cl2N3OS2. The zero-order chi connectivity index (χ0) is 17.8. The second-order valence-corrected chi connectivity index (χ2v) is 8.49. The minimum atomic E-state index is 0. The summed E-state index contributed by atoms with van der Waals surface area (Å²) in [5, 5.41) is 3.35. The smallest absolute Gasteiger partial charge is 0.234 e. The molecule has 0 N–H and O–H groups in total. The van der Waals surface area contributed by atoms with Gasteiger partial charge in [-0.05, 0) is 50.6 Å². The molecule has 0 aliphatic heterocycles. The fourth-order valence-electron chi connectivity index (χ4n) is 2.55. The van der Waals surface area contributed by atoms with Gasteiger partial charge in [0.1, 0.15) is 5.52 Å². The van der Waals surface area contributed by atoms with Gasteiger partial charge >= 0.3 is 0 Å². The van der Waals surface area contributed by atoms with Crippen LogP contribution in [0, 0.1) is 0 Å². The number of thiophene rings is 1. The number of benzene rings is 1. The maximum absolute atomic E-state index is 12.9. The van der Waals surface area contributed by atoms with Gasteiger partial charge in [-0.1, -0.05) is 35.1 Å². The number of halogens is 2. The van der Waals surface area contributed by atoms with Gasteiger partial charge in [0.25, 0.3) is 0 Å². The largest absolute Gasteiger partial charge is 0.309 e. The zero-order valence-electron chi connectivity index (χ0n) is 14.6. The predicted molar refractivity (Wildman–Crippen MR) is 115 cm³/mol. The lowest BCUT2D eigenvalue weighted by Gasteiger charge is -2.20. The highest BCUT2D eigenvalue weighted by molar-refractivity contribution is 7.22. The minimum absolute atomic E-state index is 0.